The van der Waals surface area contributed by atoms with Gasteiger partial charge in [0.15, 0.2) is 6.20 Å². The maximum absolute atomic E-state index is 8.13. The van der Waals surface area contributed by atoms with Gasteiger partial charge in [-0.2, -0.15) is 0 Å². The first-order chi connectivity index (χ1) is 17.2. The summed E-state index contributed by atoms with van der Waals surface area (Å²) in [6, 6.07) is 24.1. The molecule has 3 aromatic heterocycles. The van der Waals surface area contributed by atoms with Crippen molar-refractivity contribution in [3.8, 4) is 22.4 Å². The van der Waals surface area contributed by atoms with E-state index in [-0.39, 0.29) is 0 Å². The zero-order valence-corrected chi connectivity index (χ0v) is 18.8. The number of hydrogen-bond acceptors (Lipinski definition) is 2. The molecule has 0 spiro atoms. The molecule has 0 aliphatic carbocycles. The normalized spacial score (nSPS) is 13.4. The number of nitrogens with zero attached hydrogens (tertiary/aromatic N) is 2. The van der Waals surface area contributed by atoms with Gasteiger partial charge < -0.3 is 4.42 Å². The molecule has 3 heteroatoms. The molecule has 0 atom stereocenters. The van der Waals surface area contributed by atoms with Gasteiger partial charge in [0.1, 0.15) is 12.6 Å². The van der Waals surface area contributed by atoms with Crippen LogP contribution in [0.1, 0.15) is 20.9 Å². The number of aromatic nitrogens is 2. The molecule has 0 saturated heterocycles. The first kappa shape index (κ1) is 16.6. The maximum atomic E-state index is 8.13. The first-order valence-electron chi connectivity index (χ1n) is 12.5. The molecule has 3 heterocycles. The smallest absolute Gasteiger partial charge is 0.228 e. The highest BCUT2D eigenvalue weighted by molar-refractivity contribution is 6.18. The maximum Gasteiger partial charge on any atom is 0.228 e. The van der Waals surface area contributed by atoms with E-state index in [1.807, 2.05) is 67.1 Å². The Labute approximate surface area is 197 Å². The molecule has 33 heavy (non-hydrogen) atoms. The Morgan fingerprint density at radius 2 is 1.58 bits per heavy atom. The Kier molecular flexibility index (Phi) is 3.67. The topological polar surface area (TPSA) is 29.9 Å². The molecule has 0 aliphatic heterocycles. The van der Waals surface area contributed by atoms with Crippen LogP contribution in [0.4, 0.5) is 0 Å². The lowest BCUT2D eigenvalue weighted by Gasteiger charge is -2.10. The largest absolute Gasteiger partial charge is 0.438 e. The molecule has 0 saturated carbocycles. The summed E-state index contributed by atoms with van der Waals surface area (Å²) in [5.74, 6) is 0. The third-order valence-electron chi connectivity index (χ3n) is 6.51. The fraction of sp³-hybridized carbons (Fsp3) is 0.133. The fourth-order valence-corrected chi connectivity index (χ4v) is 4.86. The van der Waals surface area contributed by atoms with Gasteiger partial charge in [-0.3, -0.25) is 0 Å². The number of aryl methyl sites for hydroxylation is 4. The lowest BCUT2D eigenvalue weighted by atomic mass is 9.96. The molecule has 0 unspecified atom stereocenters. The van der Waals surface area contributed by atoms with E-state index in [1.54, 1.807) is 6.20 Å². The Balaban J connectivity index is 1.63. The molecule has 160 valence electrons. The van der Waals surface area contributed by atoms with Crippen LogP contribution < -0.4 is 4.57 Å². The van der Waals surface area contributed by atoms with E-state index in [0.29, 0.717) is 16.8 Å². The quantitative estimate of drug-likeness (QED) is 0.270. The summed E-state index contributed by atoms with van der Waals surface area (Å²) in [5.41, 5.74) is 7.21. The van der Waals surface area contributed by atoms with Crippen LogP contribution in [0.3, 0.4) is 0 Å². The SMILES string of the molecule is [2H]C([2H])([2H])c1c[n+](C)c(-c2cc3oc4nc(C)c5ccccc5c4c3cc2C)cc1-c1ccccc1. The zero-order valence-electron chi connectivity index (χ0n) is 21.8. The number of benzene rings is 3. The summed E-state index contributed by atoms with van der Waals surface area (Å²) in [6.07, 6.45) is 1.73. The lowest BCUT2D eigenvalue weighted by Crippen LogP contribution is -2.31. The predicted molar refractivity (Wildman–Crippen MR) is 135 cm³/mol. The highest BCUT2D eigenvalue weighted by atomic mass is 16.3. The van der Waals surface area contributed by atoms with Crippen LogP contribution in [-0.2, 0) is 7.05 Å². The van der Waals surface area contributed by atoms with Gasteiger partial charge in [-0.25, -0.2) is 9.55 Å². The Morgan fingerprint density at radius 3 is 2.36 bits per heavy atom. The van der Waals surface area contributed by atoms with Crippen LogP contribution in [-0.4, -0.2) is 4.98 Å². The van der Waals surface area contributed by atoms with Crippen molar-refractivity contribution in [2.24, 2.45) is 7.05 Å². The highest BCUT2D eigenvalue weighted by Crippen LogP contribution is 2.38. The van der Waals surface area contributed by atoms with Gasteiger partial charge in [-0.1, -0.05) is 54.6 Å². The van der Waals surface area contributed by atoms with Gasteiger partial charge in [-0.15, -0.1) is 0 Å². The van der Waals surface area contributed by atoms with Crippen molar-refractivity contribution >= 4 is 32.8 Å². The van der Waals surface area contributed by atoms with Crippen LogP contribution in [0.25, 0.3) is 55.2 Å². The minimum absolute atomic E-state index is 0.327. The van der Waals surface area contributed by atoms with Gasteiger partial charge in [0.2, 0.25) is 11.4 Å². The van der Waals surface area contributed by atoms with Crippen molar-refractivity contribution in [1.29, 1.82) is 0 Å². The lowest BCUT2D eigenvalue weighted by molar-refractivity contribution is -0.660. The van der Waals surface area contributed by atoms with E-state index >= 15 is 0 Å². The molecule has 0 amide bonds. The van der Waals surface area contributed by atoms with E-state index < -0.39 is 6.85 Å². The summed E-state index contributed by atoms with van der Waals surface area (Å²) in [7, 11) is 1.89. The molecule has 0 bridgehead atoms. The van der Waals surface area contributed by atoms with Gasteiger partial charge in [0, 0.05) is 32.2 Å². The van der Waals surface area contributed by atoms with Gasteiger partial charge in [0.25, 0.3) is 0 Å². The molecule has 3 nitrogen and oxygen atoms in total. The number of hydrogen-bond donors (Lipinski definition) is 0. The molecule has 6 aromatic rings. The molecule has 0 N–H and O–H groups in total. The van der Waals surface area contributed by atoms with E-state index in [2.05, 4.69) is 31.2 Å². The van der Waals surface area contributed by atoms with Crippen LogP contribution in [0.2, 0.25) is 0 Å². The van der Waals surface area contributed by atoms with E-state index in [9.17, 15) is 0 Å². The second-order valence-corrected chi connectivity index (χ2v) is 8.65. The van der Waals surface area contributed by atoms with Gasteiger partial charge >= 0.3 is 0 Å². The van der Waals surface area contributed by atoms with Crippen LogP contribution in [0.5, 0.6) is 0 Å². The predicted octanol–water partition coefficient (Wildman–Crippen LogP) is 7.22. The summed E-state index contributed by atoms with van der Waals surface area (Å²) in [6.45, 7) is 1.85. The summed E-state index contributed by atoms with van der Waals surface area (Å²) >= 11 is 0. The zero-order chi connectivity index (χ0) is 25.2. The van der Waals surface area contributed by atoms with Gasteiger partial charge in [0.05, 0.1) is 10.9 Å². The summed E-state index contributed by atoms with van der Waals surface area (Å²) in [5, 5.41) is 4.30. The Bertz CT molecular complexity index is 1800. The van der Waals surface area contributed by atoms with E-state index in [0.717, 1.165) is 55.2 Å². The van der Waals surface area contributed by atoms with Crippen molar-refractivity contribution in [2.75, 3.05) is 0 Å². The molecular formula is C30H25N2O+. The third-order valence-corrected chi connectivity index (χ3v) is 6.51. The van der Waals surface area contributed by atoms with Crippen LogP contribution in [0, 0.1) is 20.7 Å². The second kappa shape index (κ2) is 7.28. The number of furan rings is 1. The average molecular weight is 433 g/mol. The van der Waals surface area contributed by atoms with Crippen molar-refractivity contribution in [3.05, 3.63) is 95.8 Å². The van der Waals surface area contributed by atoms with Crippen molar-refractivity contribution in [3.63, 3.8) is 0 Å². The highest BCUT2D eigenvalue weighted by Gasteiger charge is 2.20. The summed E-state index contributed by atoms with van der Waals surface area (Å²) in [4.78, 5) is 4.75. The van der Waals surface area contributed by atoms with Crippen molar-refractivity contribution in [1.82, 2.24) is 4.98 Å². The number of rotatable bonds is 2. The molecule has 0 fully saturated rings. The third kappa shape index (κ3) is 3.04. The fourth-order valence-electron chi connectivity index (χ4n) is 4.86. The molecule has 3 aromatic carbocycles. The Hall–Kier alpha value is -3.98. The average Bonchev–Trinajstić information content (AvgIpc) is 3.20. The Morgan fingerprint density at radius 1 is 0.818 bits per heavy atom. The van der Waals surface area contributed by atoms with Crippen molar-refractivity contribution in [2.45, 2.75) is 20.7 Å². The standard InChI is InChI=1S/C30H25N2O/c1-18-14-26-28(33-30-29(26)23-13-9-8-12-22(23)20(3)31-30)16-25(18)27-15-24(19(2)17-32(27)4)21-10-6-5-7-11-21/h5-17H,1-4H3/q+1/i2D3. The monoisotopic (exact) mass is 432 g/mol. The minimum Gasteiger partial charge on any atom is -0.438 e. The molecular weight excluding hydrogens is 404 g/mol. The van der Waals surface area contributed by atoms with Gasteiger partial charge in [-0.05, 0) is 54.9 Å². The number of pyridine rings is 2. The molecule has 0 aliphatic rings. The summed E-state index contributed by atoms with van der Waals surface area (Å²) < 4.78 is 32.6. The van der Waals surface area contributed by atoms with Crippen LogP contribution in [0.15, 0.2) is 83.4 Å². The van der Waals surface area contributed by atoms with E-state index in [1.165, 1.54) is 0 Å². The number of fused-ring (bicyclic) bond motifs is 5. The van der Waals surface area contributed by atoms with E-state index in [4.69, 9.17) is 13.5 Å². The van der Waals surface area contributed by atoms with Crippen molar-refractivity contribution < 1.29 is 13.1 Å². The second-order valence-electron chi connectivity index (χ2n) is 8.65. The first-order valence-corrected chi connectivity index (χ1v) is 11.0. The van der Waals surface area contributed by atoms with Crippen LogP contribution >= 0.6 is 0 Å². The molecule has 6 rings (SSSR count). The molecule has 0 radical (unpaired) electrons. The minimum atomic E-state index is -2.23.